The lowest BCUT2D eigenvalue weighted by molar-refractivity contribution is 0.505. The zero-order chi connectivity index (χ0) is 12.9. The number of halogens is 1. The molecular weight excluding hydrogens is 268 g/mol. The molecule has 1 rings (SSSR count). The third kappa shape index (κ3) is 5.85. The van der Waals surface area contributed by atoms with Crippen LogP contribution in [0.3, 0.4) is 0 Å². The van der Waals surface area contributed by atoms with E-state index in [4.69, 9.17) is 16.0 Å². The van der Waals surface area contributed by atoms with Crippen molar-refractivity contribution in [3.05, 3.63) is 5.89 Å². The maximum atomic E-state index is 10.8. The van der Waals surface area contributed by atoms with Crippen molar-refractivity contribution in [1.29, 1.82) is 0 Å². The van der Waals surface area contributed by atoms with Gasteiger partial charge in [0.2, 0.25) is 15.9 Å². The molecule has 7 nitrogen and oxygen atoms in total. The zero-order valence-electron chi connectivity index (χ0n) is 9.60. The minimum absolute atomic E-state index is 0.284. The van der Waals surface area contributed by atoms with Crippen LogP contribution in [0.5, 0.6) is 0 Å². The first kappa shape index (κ1) is 14.2. The van der Waals surface area contributed by atoms with Gasteiger partial charge in [0.15, 0.2) is 0 Å². The zero-order valence-corrected chi connectivity index (χ0v) is 11.2. The molecule has 0 saturated heterocycles. The lowest BCUT2D eigenvalue weighted by Crippen LogP contribution is -2.24. The average Bonchev–Trinajstić information content (AvgIpc) is 2.64. The van der Waals surface area contributed by atoms with Gasteiger partial charge in [-0.05, 0) is 13.3 Å². The minimum atomic E-state index is -3.12. The SMILES string of the molecule is CC(Cl)c1nnc(NCCCNS(C)(=O)=O)o1. The number of nitrogens with zero attached hydrogens (tertiary/aromatic N) is 2. The third-order valence-corrected chi connectivity index (χ3v) is 2.69. The molecule has 1 aromatic rings. The predicted octanol–water partition coefficient (Wildman–Crippen LogP) is 0.721. The summed E-state index contributed by atoms with van der Waals surface area (Å²) in [6.45, 7) is 2.62. The van der Waals surface area contributed by atoms with Gasteiger partial charge in [-0.15, -0.1) is 16.7 Å². The van der Waals surface area contributed by atoms with E-state index in [0.717, 1.165) is 6.26 Å². The van der Waals surface area contributed by atoms with Crippen LogP contribution in [0.15, 0.2) is 4.42 Å². The van der Waals surface area contributed by atoms with E-state index in [0.29, 0.717) is 25.4 Å². The van der Waals surface area contributed by atoms with E-state index < -0.39 is 10.0 Å². The van der Waals surface area contributed by atoms with Gasteiger partial charge in [-0.25, -0.2) is 13.1 Å². The Bertz CT molecular complexity index is 445. The lowest BCUT2D eigenvalue weighted by atomic mass is 10.4. The summed E-state index contributed by atoms with van der Waals surface area (Å²) in [4.78, 5) is 0. The first-order valence-electron chi connectivity index (χ1n) is 5.04. The summed E-state index contributed by atoms with van der Waals surface area (Å²) in [6, 6.07) is 0.284. The summed E-state index contributed by atoms with van der Waals surface area (Å²) in [6.07, 6.45) is 1.73. The first-order valence-corrected chi connectivity index (χ1v) is 7.37. The predicted molar refractivity (Wildman–Crippen MR) is 64.5 cm³/mol. The Hall–Kier alpha value is -0.860. The molecule has 0 radical (unpaired) electrons. The second-order valence-corrected chi connectivity index (χ2v) is 6.00. The molecule has 9 heteroatoms. The van der Waals surface area contributed by atoms with Crippen molar-refractivity contribution >= 4 is 27.6 Å². The molecule has 0 aliphatic carbocycles. The van der Waals surface area contributed by atoms with Crippen LogP contribution < -0.4 is 10.0 Å². The van der Waals surface area contributed by atoms with Crippen LogP contribution in [0, 0.1) is 0 Å². The molecule has 1 atom stereocenters. The van der Waals surface area contributed by atoms with Crippen LogP contribution in [0.4, 0.5) is 6.01 Å². The van der Waals surface area contributed by atoms with Crippen molar-refractivity contribution in [2.24, 2.45) is 0 Å². The normalized spacial score (nSPS) is 13.6. The Morgan fingerprint density at radius 1 is 1.41 bits per heavy atom. The number of hydrogen-bond donors (Lipinski definition) is 2. The fourth-order valence-electron chi connectivity index (χ4n) is 1.01. The van der Waals surface area contributed by atoms with Crippen molar-refractivity contribution in [1.82, 2.24) is 14.9 Å². The highest BCUT2D eigenvalue weighted by Gasteiger charge is 2.10. The van der Waals surface area contributed by atoms with Gasteiger partial charge in [-0.1, -0.05) is 5.10 Å². The first-order chi connectivity index (χ1) is 7.88. The molecule has 0 amide bonds. The Morgan fingerprint density at radius 3 is 2.65 bits per heavy atom. The van der Waals surface area contributed by atoms with Crippen molar-refractivity contribution in [2.75, 3.05) is 24.7 Å². The molecule has 1 unspecified atom stereocenters. The van der Waals surface area contributed by atoms with E-state index in [1.807, 2.05) is 0 Å². The number of rotatable bonds is 7. The van der Waals surface area contributed by atoms with Gasteiger partial charge in [0, 0.05) is 13.1 Å². The Morgan fingerprint density at radius 2 is 2.12 bits per heavy atom. The monoisotopic (exact) mass is 282 g/mol. The van der Waals surface area contributed by atoms with Crippen LogP contribution in [0.2, 0.25) is 0 Å². The van der Waals surface area contributed by atoms with Crippen LogP contribution in [-0.2, 0) is 10.0 Å². The summed E-state index contributed by atoms with van der Waals surface area (Å²) < 4.78 is 29.1. The fraction of sp³-hybridized carbons (Fsp3) is 0.750. The Balaban J connectivity index is 2.22. The van der Waals surface area contributed by atoms with Gasteiger partial charge in [0.05, 0.1) is 6.26 Å². The smallest absolute Gasteiger partial charge is 0.315 e. The summed E-state index contributed by atoms with van der Waals surface area (Å²) >= 11 is 5.75. The average molecular weight is 283 g/mol. The molecule has 0 bridgehead atoms. The highest BCUT2D eigenvalue weighted by atomic mass is 35.5. The molecule has 0 aliphatic heterocycles. The molecule has 0 aliphatic rings. The maximum absolute atomic E-state index is 10.8. The molecule has 0 spiro atoms. The van der Waals surface area contributed by atoms with Crippen molar-refractivity contribution in [3.63, 3.8) is 0 Å². The number of sulfonamides is 1. The quantitative estimate of drug-likeness (QED) is 0.565. The third-order valence-electron chi connectivity index (χ3n) is 1.77. The van der Waals surface area contributed by atoms with Gasteiger partial charge >= 0.3 is 6.01 Å². The van der Waals surface area contributed by atoms with E-state index >= 15 is 0 Å². The number of nitrogens with one attached hydrogen (secondary N) is 2. The number of anilines is 1. The fourth-order valence-corrected chi connectivity index (χ4v) is 1.61. The molecular formula is C8H15ClN4O3S. The van der Waals surface area contributed by atoms with Crippen molar-refractivity contribution in [2.45, 2.75) is 18.7 Å². The summed E-state index contributed by atoms with van der Waals surface area (Å²) in [5.41, 5.74) is 0. The highest BCUT2D eigenvalue weighted by Crippen LogP contribution is 2.18. The van der Waals surface area contributed by atoms with E-state index in [1.54, 1.807) is 6.92 Å². The van der Waals surface area contributed by atoms with Crippen molar-refractivity contribution in [3.8, 4) is 0 Å². The molecule has 98 valence electrons. The molecule has 17 heavy (non-hydrogen) atoms. The summed E-state index contributed by atoms with van der Waals surface area (Å²) in [5.74, 6) is 0.350. The Kier molecular flexibility index (Phi) is 5.16. The molecule has 2 N–H and O–H groups in total. The van der Waals surface area contributed by atoms with Crippen LogP contribution in [-0.4, -0.2) is 38.0 Å². The Labute approximate surface area is 105 Å². The highest BCUT2D eigenvalue weighted by molar-refractivity contribution is 7.88. The van der Waals surface area contributed by atoms with E-state index in [2.05, 4.69) is 20.2 Å². The number of alkyl halides is 1. The van der Waals surface area contributed by atoms with Gasteiger partial charge < -0.3 is 9.73 Å². The second-order valence-electron chi connectivity index (χ2n) is 3.51. The largest absolute Gasteiger partial charge is 0.407 e. The van der Waals surface area contributed by atoms with Gasteiger partial charge in [-0.2, -0.15) is 0 Å². The summed E-state index contributed by atoms with van der Waals surface area (Å²) in [5, 5.41) is 10.0. The van der Waals surface area contributed by atoms with Crippen LogP contribution >= 0.6 is 11.6 Å². The molecule has 0 saturated carbocycles. The van der Waals surface area contributed by atoms with Gasteiger partial charge in [0.25, 0.3) is 0 Å². The number of hydrogen-bond acceptors (Lipinski definition) is 6. The van der Waals surface area contributed by atoms with Crippen molar-refractivity contribution < 1.29 is 12.8 Å². The number of aromatic nitrogens is 2. The standard InChI is InChI=1S/C8H15ClN4O3S/c1-6(9)7-12-13-8(16-7)10-4-3-5-11-17(2,14)15/h6,11H,3-5H2,1-2H3,(H,10,13). The molecule has 1 aromatic heterocycles. The van der Waals surface area contributed by atoms with Gasteiger partial charge in [-0.3, -0.25) is 0 Å². The van der Waals surface area contributed by atoms with E-state index in [-0.39, 0.29) is 11.4 Å². The van der Waals surface area contributed by atoms with Crippen LogP contribution in [0.25, 0.3) is 0 Å². The van der Waals surface area contributed by atoms with E-state index in [1.165, 1.54) is 0 Å². The van der Waals surface area contributed by atoms with Crippen LogP contribution in [0.1, 0.15) is 24.6 Å². The molecule has 1 heterocycles. The topological polar surface area (TPSA) is 97.1 Å². The molecule has 0 aromatic carbocycles. The maximum Gasteiger partial charge on any atom is 0.315 e. The lowest BCUT2D eigenvalue weighted by Gasteiger charge is -2.02. The van der Waals surface area contributed by atoms with Gasteiger partial charge in [0.1, 0.15) is 5.38 Å². The minimum Gasteiger partial charge on any atom is -0.407 e. The second kappa shape index (κ2) is 6.18. The molecule has 0 fully saturated rings. The summed E-state index contributed by atoms with van der Waals surface area (Å²) in [7, 11) is -3.12. The van der Waals surface area contributed by atoms with E-state index in [9.17, 15) is 8.42 Å².